The van der Waals surface area contributed by atoms with E-state index >= 15 is 0 Å². The van der Waals surface area contributed by atoms with Crippen molar-refractivity contribution in [3.8, 4) is 0 Å². The molecule has 1 unspecified atom stereocenters. The van der Waals surface area contributed by atoms with Crippen molar-refractivity contribution in [3.05, 3.63) is 121 Å². The zero-order valence-electron chi connectivity index (χ0n) is 19.6. The summed E-state index contributed by atoms with van der Waals surface area (Å²) in [6, 6.07) is 45.1. The number of hydrogen-bond donors (Lipinski definition) is 0. The first-order valence-electron chi connectivity index (χ1n) is 12.1. The first-order chi connectivity index (χ1) is 16.4. The first kappa shape index (κ1) is 23.9. The number of hydrogen-bond acceptors (Lipinski definition) is 0. The Balaban J connectivity index is 1.75. The van der Waals surface area contributed by atoms with Crippen LogP contribution in [0.15, 0.2) is 121 Å². The maximum atomic E-state index is 2.36. The Labute approximate surface area is 202 Å². The zero-order valence-corrected chi connectivity index (χ0v) is 21.3. The molecule has 4 rings (SSSR count). The molecule has 0 aliphatic rings. The maximum absolute atomic E-state index is 2.36. The van der Waals surface area contributed by atoms with Gasteiger partial charge in [0, 0.05) is 0 Å². The first-order valence-corrected chi connectivity index (χ1v) is 15.1. The lowest BCUT2D eigenvalue weighted by atomic mass is 10.2. The summed E-state index contributed by atoms with van der Waals surface area (Å²) in [6.45, 7) is 2.31. The molecule has 0 fully saturated rings. The van der Waals surface area contributed by atoms with E-state index in [1.165, 1.54) is 53.1 Å². The quantitative estimate of drug-likeness (QED) is 0.161. The SMILES string of the molecule is CCCCCC(CP(c1ccccc1)c1ccccc1)P(c1ccccc1)c1ccccc1. The molecule has 0 aliphatic carbocycles. The highest BCUT2D eigenvalue weighted by atomic mass is 31.1. The van der Waals surface area contributed by atoms with E-state index in [2.05, 4.69) is 128 Å². The van der Waals surface area contributed by atoms with E-state index in [1.807, 2.05) is 0 Å². The topological polar surface area (TPSA) is 0 Å². The third kappa shape index (κ3) is 6.63. The highest BCUT2D eigenvalue weighted by Crippen LogP contribution is 2.48. The third-order valence-corrected chi connectivity index (χ3v) is 11.9. The molecule has 0 spiro atoms. The predicted octanol–water partition coefficient (Wildman–Crippen LogP) is 7.20. The minimum Gasteiger partial charge on any atom is -0.0654 e. The fraction of sp³-hybridized carbons (Fsp3) is 0.226. The molecule has 0 aromatic heterocycles. The molecule has 0 saturated heterocycles. The van der Waals surface area contributed by atoms with Crippen LogP contribution in [0.25, 0.3) is 0 Å². The molecular weight excluding hydrogens is 434 g/mol. The van der Waals surface area contributed by atoms with E-state index in [4.69, 9.17) is 0 Å². The summed E-state index contributed by atoms with van der Waals surface area (Å²) >= 11 is 0. The summed E-state index contributed by atoms with van der Waals surface area (Å²) in [5, 5.41) is 6.01. The standard InChI is InChI=1S/C31H34P2/c1-2-3-8-25-31(33(29-21-13-6-14-22-29)30-23-15-7-16-24-30)26-32(27-17-9-4-10-18-27)28-19-11-5-12-20-28/h4-7,9-24,31H,2-3,8,25-26H2,1H3. The Morgan fingerprint density at radius 2 is 0.909 bits per heavy atom. The molecule has 0 bridgehead atoms. The van der Waals surface area contributed by atoms with Crippen LogP contribution >= 0.6 is 15.8 Å². The molecule has 0 N–H and O–H groups in total. The lowest BCUT2D eigenvalue weighted by molar-refractivity contribution is 0.664. The van der Waals surface area contributed by atoms with Crippen LogP contribution in [-0.4, -0.2) is 11.8 Å². The highest BCUT2D eigenvalue weighted by Gasteiger charge is 2.28. The molecule has 2 heteroatoms. The Hall–Kier alpha value is -2.26. The minimum absolute atomic E-state index is 0.408. The van der Waals surface area contributed by atoms with E-state index in [9.17, 15) is 0 Å². The van der Waals surface area contributed by atoms with Gasteiger partial charge in [-0.2, -0.15) is 0 Å². The van der Waals surface area contributed by atoms with Gasteiger partial charge in [-0.25, -0.2) is 0 Å². The Morgan fingerprint density at radius 1 is 0.515 bits per heavy atom. The lowest BCUT2D eigenvalue weighted by Gasteiger charge is -2.32. The van der Waals surface area contributed by atoms with Crippen molar-refractivity contribution >= 4 is 37.1 Å². The molecule has 0 radical (unpaired) electrons. The van der Waals surface area contributed by atoms with Gasteiger partial charge < -0.3 is 0 Å². The van der Waals surface area contributed by atoms with Crippen LogP contribution in [0.2, 0.25) is 0 Å². The molecule has 0 amide bonds. The van der Waals surface area contributed by atoms with Crippen LogP contribution < -0.4 is 21.2 Å². The second-order valence-corrected chi connectivity index (χ2v) is 13.2. The fourth-order valence-electron chi connectivity index (χ4n) is 4.47. The van der Waals surface area contributed by atoms with Gasteiger partial charge in [0.2, 0.25) is 0 Å². The molecule has 1 atom stereocenters. The van der Waals surface area contributed by atoms with Crippen molar-refractivity contribution in [3.63, 3.8) is 0 Å². The average Bonchev–Trinajstić information content (AvgIpc) is 2.89. The van der Waals surface area contributed by atoms with Crippen molar-refractivity contribution in [2.24, 2.45) is 0 Å². The molecule has 0 nitrogen and oxygen atoms in total. The normalized spacial score (nSPS) is 12.2. The summed E-state index contributed by atoms with van der Waals surface area (Å²) in [6.07, 6.45) is 6.43. The highest BCUT2D eigenvalue weighted by molar-refractivity contribution is 7.77. The monoisotopic (exact) mass is 468 g/mol. The van der Waals surface area contributed by atoms with Crippen LogP contribution in [0.5, 0.6) is 0 Å². The molecular formula is C31H34P2. The number of unbranched alkanes of at least 4 members (excludes halogenated alkanes) is 2. The van der Waals surface area contributed by atoms with Crippen molar-refractivity contribution in [1.82, 2.24) is 0 Å². The smallest absolute Gasteiger partial charge is 0.00835 e. The average molecular weight is 469 g/mol. The summed E-state index contributed by atoms with van der Waals surface area (Å²) in [5.41, 5.74) is 0.655. The molecule has 4 aromatic rings. The van der Waals surface area contributed by atoms with Gasteiger partial charge in [-0.05, 0) is 55.3 Å². The van der Waals surface area contributed by atoms with Crippen LogP contribution in [0.3, 0.4) is 0 Å². The van der Waals surface area contributed by atoms with Crippen molar-refractivity contribution < 1.29 is 0 Å². The summed E-state index contributed by atoms with van der Waals surface area (Å²) in [7, 11) is -0.836. The zero-order chi connectivity index (χ0) is 22.7. The Kier molecular flexibility index (Phi) is 9.29. The molecule has 168 valence electrons. The number of rotatable bonds is 11. The second kappa shape index (κ2) is 12.8. The summed E-state index contributed by atoms with van der Waals surface area (Å²) in [5.74, 6) is 0. The number of benzene rings is 4. The largest absolute Gasteiger partial charge is 0.0654 e. The molecule has 33 heavy (non-hydrogen) atoms. The maximum Gasteiger partial charge on any atom is -0.00835 e. The van der Waals surface area contributed by atoms with Crippen molar-refractivity contribution in [2.45, 2.75) is 38.3 Å². The van der Waals surface area contributed by atoms with Gasteiger partial charge in [0.25, 0.3) is 0 Å². The van der Waals surface area contributed by atoms with Crippen LogP contribution in [0.1, 0.15) is 32.6 Å². The third-order valence-electron chi connectivity index (χ3n) is 6.10. The van der Waals surface area contributed by atoms with Gasteiger partial charge >= 0.3 is 0 Å². The fourth-order valence-corrected chi connectivity index (χ4v) is 10.6. The van der Waals surface area contributed by atoms with Gasteiger partial charge in [-0.1, -0.05) is 148 Å². The Bertz CT molecular complexity index is 970. The van der Waals surface area contributed by atoms with E-state index < -0.39 is 15.8 Å². The molecule has 0 heterocycles. The van der Waals surface area contributed by atoms with E-state index in [0.29, 0.717) is 5.66 Å². The van der Waals surface area contributed by atoms with Crippen LogP contribution in [-0.2, 0) is 0 Å². The molecule has 0 aliphatic heterocycles. The van der Waals surface area contributed by atoms with Gasteiger partial charge in [-0.15, -0.1) is 0 Å². The predicted molar refractivity (Wildman–Crippen MR) is 151 cm³/mol. The lowest BCUT2D eigenvalue weighted by Crippen LogP contribution is -2.27. The molecule has 0 saturated carbocycles. The Morgan fingerprint density at radius 3 is 1.30 bits per heavy atom. The van der Waals surface area contributed by atoms with Crippen LogP contribution in [0, 0.1) is 0 Å². The van der Waals surface area contributed by atoms with E-state index in [0.717, 1.165) is 0 Å². The van der Waals surface area contributed by atoms with Gasteiger partial charge in [0.05, 0.1) is 0 Å². The summed E-state index contributed by atoms with van der Waals surface area (Å²) in [4.78, 5) is 0. The minimum atomic E-state index is -0.428. The second-order valence-electron chi connectivity index (χ2n) is 8.47. The van der Waals surface area contributed by atoms with Crippen molar-refractivity contribution in [2.75, 3.05) is 6.16 Å². The van der Waals surface area contributed by atoms with E-state index in [-0.39, 0.29) is 0 Å². The molecule has 4 aromatic carbocycles. The summed E-state index contributed by atoms with van der Waals surface area (Å²) < 4.78 is 0. The van der Waals surface area contributed by atoms with Gasteiger partial charge in [0.1, 0.15) is 0 Å². The van der Waals surface area contributed by atoms with Crippen LogP contribution in [0.4, 0.5) is 0 Å². The van der Waals surface area contributed by atoms with Gasteiger partial charge in [-0.3, -0.25) is 0 Å². The van der Waals surface area contributed by atoms with E-state index in [1.54, 1.807) is 0 Å². The van der Waals surface area contributed by atoms with Gasteiger partial charge in [0.15, 0.2) is 0 Å². The van der Waals surface area contributed by atoms with Crippen molar-refractivity contribution in [1.29, 1.82) is 0 Å².